The highest BCUT2D eigenvalue weighted by Crippen LogP contribution is 2.21. The van der Waals surface area contributed by atoms with E-state index >= 15 is 0 Å². The molecule has 0 heterocycles. The van der Waals surface area contributed by atoms with Crippen molar-refractivity contribution in [2.75, 3.05) is 5.32 Å². The first-order valence-corrected chi connectivity index (χ1v) is 11.4. The van der Waals surface area contributed by atoms with Crippen molar-refractivity contribution in [3.63, 3.8) is 0 Å². The van der Waals surface area contributed by atoms with Gasteiger partial charge in [-0.1, -0.05) is 60.7 Å². The monoisotopic (exact) mass is 505 g/mol. The zero-order valence-electron chi connectivity index (χ0n) is 20.0. The van der Waals surface area contributed by atoms with E-state index in [1.807, 2.05) is 24.3 Å². The maximum Gasteiger partial charge on any atom is 0.408 e. The summed E-state index contributed by atoms with van der Waals surface area (Å²) in [5.74, 6) is -3.04. The van der Waals surface area contributed by atoms with Gasteiger partial charge in [0, 0.05) is 12.1 Å². The van der Waals surface area contributed by atoms with Gasteiger partial charge < -0.3 is 30.9 Å². The smallest absolute Gasteiger partial charge is 0.408 e. The lowest BCUT2D eigenvalue weighted by atomic mass is 10.0. The molecule has 192 valence electrons. The lowest BCUT2D eigenvalue weighted by molar-refractivity contribution is -0.127. The van der Waals surface area contributed by atoms with Gasteiger partial charge in [0.1, 0.15) is 30.0 Å². The number of carbonyl (C=O) groups is 4. The molecule has 3 amide bonds. The van der Waals surface area contributed by atoms with Crippen LogP contribution in [0.5, 0.6) is 5.75 Å². The Morgan fingerprint density at radius 1 is 0.838 bits per heavy atom. The molecule has 0 radical (unpaired) electrons. The van der Waals surface area contributed by atoms with Crippen molar-refractivity contribution in [2.45, 2.75) is 32.0 Å². The second-order valence-electron chi connectivity index (χ2n) is 8.20. The first-order chi connectivity index (χ1) is 17.7. The molecule has 0 fully saturated rings. The predicted octanol–water partition coefficient (Wildman–Crippen LogP) is 3.07. The van der Waals surface area contributed by atoms with Gasteiger partial charge in [0.05, 0.1) is 0 Å². The van der Waals surface area contributed by atoms with E-state index < -0.39 is 41.7 Å². The number of phenols is 1. The van der Waals surface area contributed by atoms with E-state index in [0.717, 1.165) is 23.3 Å². The largest absolute Gasteiger partial charge is 0.507 e. The summed E-state index contributed by atoms with van der Waals surface area (Å²) in [5, 5.41) is 26.5. The van der Waals surface area contributed by atoms with Crippen LogP contribution < -0.4 is 16.0 Å². The Kier molecular flexibility index (Phi) is 9.20. The van der Waals surface area contributed by atoms with Crippen LogP contribution in [-0.4, -0.2) is 46.2 Å². The van der Waals surface area contributed by atoms with Crippen molar-refractivity contribution in [3.8, 4) is 5.75 Å². The molecule has 0 unspecified atom stereocenters. The topological polar surface area (TPSA) is 154 Å². The fourth-order valence-corrected chi connectivity index (χ4v) is 3.38. The summed E-state index contributed by atoms with van der Waals surface area (Å²) in [6, 6.07) is 19.6. The van der Waals surface area contributed by atoms with Crippen LogP contribution in [0, 0.1) is 0 Å². The fraction of sp³-hybridized carbons (Fsp3) is 0.185. The molecule has 3 aromatic rings. The Morgan fingerprint density at radius 3 is 2.08 bits per heavy atom. The Bertz CT molecular complexity index is 1250. The lowest BCUT2D eigenvalue weighted by Crippen LogP contribution is -2.52. The van der Waals surface area contributed by atoms with Crippen molar-refractivity contribution in [1.29, 1.82) is 0 Å². The molecule has 10 nitrogen and oxygen atoms in total. The van der Waals surface area contributed by atoms with E-state index in [4.69, 9.17) is 4.74 Å². The van der Waals surface area contributed by atoms with Crippen LogP contribution in [0.3, 0.4) is 0 Å². The number of alkyl carbamates (subject to hydrolysis) is 1. The third-order valence-corrected chi connectivity index (χ3v) is 5.35. The molecular formula is C27H27N3O7. The number of rotatable bonds is 10. The summed E-state index contributed by atoms with van der Waals surface area (Å²) < 4.78 is 5.14. The van der Waals surface area contributed by atoms with Crippen molar-refractivity contribution < 1.29 is 34.1 Å². The average molecular weight is 506 g/mol. The number of nitrogens with one attached hydrogen (secondary N) is 3. The Morgan fingerprint density at radius 2 is 1.46 bits per heavy atom. The Balaban J connectivity index is 1.66. The maximum atomic E-state index is 13.1. The quantitative estimate of drug-likeness (QED) is 0.265. The van der Waals surface area contributed by atoms with Crippen LogP contribution in [0.15, 0.2) is 78.9 Å². The highest BCUT2D eigenvalue weighted by atomic mass is 16.5. The number of amides is 3. The van der Waals surface area contributed by atoms with Gasteiger partial charge in [-0.3, -0.25) is 9.59 Å². The SMILES string of the molecule is C[C@H](NC(=O)OCc1ccccc1)C(=O)N[C@@H](Cc1ccccc1)C(=O)Nc1ccc(O)c(C(=O)O)c1. The number of ether oxygens (including phenoxy) is 1. The van der Waals surface area contributed by atoms with Gasteiger partial charge >= 0.3 is 12.1 Å². The van der Waals surface area contributed by atoms with Crippen LogP contribution in [0.2, 0.25) is 0 Å². The van der Waals surface area contributed by atoms with Crippen LogP contribution in [0.4, 0.5) is 10.5 Å². The lowest BCUT2D eigenvalue weighted by Gasteiger charge is -2.21. The second kappa shape index (κ2) is 12.7. The van der Waals surface area contributed by atoms with E-state index in [-0.39, 0.29) is 24.3 Å². The van der Waals surface area contributed by atoms with E-state index in [2.05, 4.69) is 16.0 Å². The number of aromatic hydroxyl groups is 1. The molecule has 0 saturated carbocycles. The molecule has 0 aliphatic heterocycles. The molecule has 0 aliphatic carbocycles. The molecule has 0 saturated heterocycles. The molecule has 3 rings (SSSR count). The van der Waals surface area contributed by atoms with Gasteiger partial charge in [0.15, 0.2) is 0 Å². The van der Waals surface area contributed by atoms with Gasteiger partial charge in [0.2, 0.25) is 11.8 Å². The Hall–Kier alpha value is -4.86. The summed E-state index contributed by atoms with van der Waals surface area (Å²) >= 11 is 0. The predicted molar refractivity (Wildman–Crippen MR) is 135 cm³/mol. The van der Waals surface area contributed by atoms with Crippen LogP contribution in [0.1, 0.15) is 28.4 Å². The minimum absolute atomic E-state index is 0.0327. The van der Waals surface area contributed by atoms with Crippen LogP contribution in [-0.2, 0) is 27.4 Å². The number of hydrogen-bond acceptors (Lipinski definition) is 6. The highest BCUT2D eigenvalue weighted by molar-refractivity contribution is 6.00. The molecule has 5 N–H and O–H groups in total. The summed E-state index contributed by atoms with van der Waals surface area (Å²) in [4.78, 5) is 49.3. The number of carboxylic acid groups (broad SMARTS) is 1. The first kappa shape index (κ1) is 26.7. The van der Waals surface area contributed by atoms with Gasteiger partial charge in [-0.05, 0) is 36.2 Å². The molecular weight excluding hydrogens is 478 g/mol. The molecule has 0 spiro atoms. The third-order valence-electron chi connectivity index (χ3n) is 5.35. The van der Waals surface area contributed by atoms with Gasteiger partial charge in [-0.2, -0.15) is 0 Å². The van der Waals surface area contributed by atoms with E-state index in [1.165, 1.54) is 13.0 Å². The minimum Gasteiger partial charge on any atom is -0.507 e. The van der Waals surface area contributed by atoms with E-state index in [1.54, 1.807) is 36.4 Å². The molecule has 0 bridgehead atoms. The zero-order valence-corrected chi connectivity index (χ0v) is 20.0. The maximum absolute atomic E-state index is 13.1. The Labute approximate surface area is 213 Å². The molecule has 10 heteroatoms. The summed E-state index contributed by atoms with van der Waals surface area (Å²) in [6.45, 7) is 1.49. The summed E-state index contributed by atoms with van der Waals surface area (Å²) in [6.07, 6.45) is -0.658. The fourth-order valence-electron chi connectivity index (χ4n) is 3.38. The zero-order chi connectivity index (χ0) is 26.8. The first-order valence-electron chi connectivity index (χ1n) is 11.4. The molecule has 0 aromatic heterocycles. The average Bonchev–Trinajstić information content (AvgIpc) is 2.89. The standard InChI is InChI=1S/C27H27N3O7/c1-17(28-27(36)37-16-19-10-6-3-7-11-19)24(32)30-22(14-18-8-4-2-5-9-18)25(33)29-20-12-13-23(31)21(15-20)26(34)35/h2-13,15,17,22,31H,14,16H2,1H3,(H,28,36)(H,29,33)(H,30,32)(H,34,35)/t17-,22-/m0/s1. The molecule has 3 aromatic carbocycles. The molecule has 2 atom stereocenters. The van der Waals surface area contributed by atoms with Crippen LogP contribution in [0.25, 0.3) is 0 Å². The summed E-state index contributed by atoms with van der Waals surface area (Å²) in [5.41, 5.74) is 1.30. The summed E-state index contributed by atoms with van der Waals surface area (Å²) in [7, 11) is 0. The molecule has 37 heavy (non-hydrogen) atoms. The number of benzene rings is 3. The number of carbonyl (C=O) groups excluding carboxylic acids is 3. The van der Waals surface area contributed by atoms with Gasteiger partial charge in [-0.25, -0.2) is 9.59 Å². The van der Waals surface area contributed by atoms with E-state index in [9.17, 15) is 29.4 Å². The third kappa shape index (κ3) is 8.10. The van der Waals surface area contributed by atoms with Gasteiger partial charge in [0.25, 0.3) is 0 Å². The van der Waals surface area contributed by atoms with Gasteiger partial charge in [-0.15, -0.1) is 0 Å². The highest BCUT2D eigenvalue weighted by Gasteiger charge is 2.25. The van der Waals surface area contributed by atoms with Crippen molar-refractivity contribution in [2.24, 2.45) is 0 Å². The number of anilines is 1. The van der Waals surface area contributed by atoms with E-state index in [0.29, 0.717) is 0 Å². The molecule has 0 aliphatic rings. The minimum atomic E-state index is -1.36. The number of aromatic carboxylic acids is 1. The van der Waals surface area contributed by atoms with Crippen molar-refractivity contribution >= 4 is 29.6 Å². The number of hydrogen-bond donors (Lipinski definition) is 5. The second-order valence-corrected chi connectivity index (χ2v) is 8.20. The normalized spacial score (nSPS) is 12.0. The van der Waals surface area contributed by atoms with Crippen molar-refractivity contribution in [3.05, 3.63) is 95.6 Å². The van der Waals surface area contributed by atoms with Crippen LogP contribution >= 0.6 is 0 Å². The van der Waals surface area contributed by atoms with Crippen molar-refractivity contribution in [1.82, 2.24) is 10.6 Å². The number of carboxylic acids is 1.